The van der Waals surface area contributed by atoms with Gasteiger partial charge in [-0.05, 0) is 0 Å². The number of carboxylic acid groups (broad SMARTS) is 1. The minimum absolute atomic E-state index is 0.0499. The summed E-state index contributed by atoms with van der Waals surface area (Å²) in [5, 5.41) is 19.6. The number of carboxylic acids is 1. The summed E-state index contributed by atoms with van der Waals surface area (Å²) in [6.45, 7) is 1.13. The van der Waals surface area contributed by atoms with Crippen LogP contribution in [0.15, 0.2) is 77.7 Å². The second-order valence-electron chi connectivity index (χ2n) is 8.08. The molecule has 1 unspecified atom stereocenters. The van der Waals surface area contributed by atoms with Gasteiger partial charge in [0.1, 0.15) is 6.29 Å². The first-order valence-corrected chi connectivity index (χ1v) is 15.0. The average Bonchev–Trinajstić information content (AvgIpc) is 2.95. The van der Waals surface area contributed by atoms with Crippen molar-refractivity contribution >= 4 is 48.3 Å². The van der Waals surface area contributed by atoms with Crippen molar-refractivity contribution < 1.29 is 41.0 Å². The molecule has 0 bridgehead atoms. The molecular weight excluding hydrogens is 589 g/mol. The van der Waals surface area contributed by atoms with Crippen LogP contribution in [0.3, 0.4) is 0 Å². The number of aldehydes is 1. The molecule has 0 aliphatic carbocycles. The van der Waals surface area contributed by atoms with Crippen LogP contribution >= 0.6 is 0 Å². The molecule has 4 N–H and O–H groups in total. The minimum atomic E-state index is -5.04. The van der Waals surface area contributed by atoms with E-state index in [-0.39, 0.29) is 40.9 Å². The number of anilines is 1. The Bertz CT molecular complexity index is 1430. The smallest absolute Gasteiger partial charge is 0.303 e. The van der Waals surface area contributed by atoms with Crippen molar-refractivity contribution in [3.05, 3.63) is 88.8 Å². The largest absolute Gasteiger partial charge is 0.481 e. The summed E-state index contributed by atoms with van der Waals surface area (Å²) in [5.41, 5.74) is 2.73. The summed E-state index contributed by atoms with van der Waals surface area (Å²) >= 11 is -5.04. The maximum Gasteiger partial charge on any atom is 0.303 e. The van der Waals surface area contributed by atoms with Crippen LogP contribution in [0.2, 0.25) is 0 Å². The number of rotatable bonds is 12. The van der Waals surface area contributed by atoms with Gasteiger partial charge in [0.05, 0.1) is 6.42 Å². The number of aromatic nitrogens is 1. The molecule has 1 aromatic heterocycles. The van der Waals surface area contributed by atoms with Crippen molar-refractivity contribution in [1.29, 1.82) is 0 Å². The molecule has 212 valence electrons. The molecule has 1 heterocycles. The van der Waals surface area contributed by atoms with Crippen molar-refractivity contribution in [2.45, 2.75) is 32.6 Å². The molecule has 2 aromatic carbocycles. The Morgan fingerprint density at radius 3 is 2.35 bits per heavy atom. The van der Waals surface area contributed by atoms with Gasteiger partial charge in [0.25, 0.3) is 0 Å². The molecule has 3 aromatic rings. The monoisotopic (exact) mass is 617 g/mol. The summed E-state index contributed by atoms with van der Waals surface area (Å²) in [5.74, 6) is -1.88. The number of hydroxylamine groups is 1. The molecule has 13 nitrogen and oxygen atoms in total. The van der Waals surface area contributed by atoms with Crippen LogP contribution in [0.25, 0.3) is 5.69 Å². The molecule has 2 amide bonds. The van der Waals surface area contributed by atoms with Gasteiger partial charge >= 0.3 is 180 Å². The minimum Gasteiger partial charge on any atom is -0.481 e. The van der Waals surface area contributed by atoms with Crippen LogP contribution in [0.4, 0.5) is 5.69 Å². The standard InChI is InChI=1S/C22H22AsN3O7.C4H6O3/c1-16(27)25-32-23(30,33-31)18-9-5-10-19(15-18)26-14-6-11-20(22(26)29)24-21(28)13-12-17-7-3-2-4-8-17;5-3-1-2-4(6)7/h2-11,14-15,31H,12-13H2,1H3,(H,24,28)(H,25,27);3H,1-2H2,(H,6,7). The zero-order valence-electron chi connectivity index (χ0n) is 21.4. The Kier molecular flexibility index (Phi) is 12.7. The van der Waals surface area contributed by atoms with E-state index in [0.717, 1.165) is 12.5 Å². The number of benzene rings is 2. The molecule has 0 radical (unpaired) electrons. The first-order valence-electron chi connectivity index (χ1n) is 11.8. The third kappa shape index (κ3) is 10.1. The van der Waals surface area contributed by atoms with Crippen molar-refractivity contribution in [3.8, 4) is 5.69 Å². The normalized spacial score (nSPS) is 11.8. The Morgan fingerprint density at radius 2 is 1.75 bits per heavy atom. The average molecular weight is 617 g/mol. The second-order valence-corrected chi connectivity index (χ2v) is 12.0. The maximum absolute atomic E-state index is 12.9. The van der Waals surface area contributed by atoms with Gasteiger partial charge in [-0.25, -0.2) is 0 Å². The van der Waals surface area contributed by atoms with Crippen molar-refractivity contribution in [2.75, 3.05) is 5.32 Å². The van der Waals surface area contributed by atoms with Gasteiger partial charge in [-0.15, -0.1) is 0 Å². The first-order chi connectivity index (χ1) is 19.1. The number of amides is 2. The van der Waals surface area contributed by atoms with Gasteiger partial charge in [0, 0.05) is 6.42 Å². The number of aryl methyl sites for hydroxylation is 1. The summed E-state index contributed by atoms with van der Waals surface area (Å²) in [7, 11) is 0. The topological polar surface area (TPSA) is 190 Å². The van der Waals surface area contributed by atoms with Crippen LogP contribution < -0.4 is 20.7 Å². The van der Waals surface area contributed by atoms with E-state index in [1.807, 2.05) is 35.8 Å². The van der Waals surface area contributed by atoms with Gasteiger partial charge < -0.3 is 9.90 Å². The summed E-state index contributed by atoms with van der Waals surface area (Å²) in [6, 6.07) is 18.3. The zero-order chi connectivity index (χ0) is 29.5. The molecule has 0 saturated heterocycles. The van der Waals surface area contributed by atoms with Crippen molar-refractivity contribution in [1.82, 2.24) is 10.0 Å². The SMILES string of the molecule is CC(=O)NO[As](=O)(OO)c1cccc(-n2cccc(NC(=O)CCc3ccccc3)c2=O)c1.O=CCCC(=O)O. The number of pyridine rings is 1. The van der Waals surface area contributed by atoms with Gasteiger partial charge in [0.15, 0.2) is 0 Å². The van der Waals surface area contributed by atoms with Crippen molar-refractivity contribution in [2.24, 2.45) is 0 Å². The fourth-order valence-electron chi connectivity index (χ4n) is 3.14. The summed E-state index contributed by atoms with van der Waals surface area (Å²) < 4.78 is 22.8. The van der Waals surface area contributed by atoms with E-state index in [1.54, 1.807) is 12.1 Å². The molecule has 40 heavy (non-hydrogen) atoms. The third-order valence-corrected chi connectivity index (χ3v) is 8.08. The molecule has 0 spiro atoms. The number of nitrogens with one attached hydrogen (secondary N) is 2. The number of carbonyl (C=O) groups is 4. The van der Waals surface area contributed by atoms with E-state index in [4.69, 9.17) is 14.2 Å². The van der Waals surface area contributed by atoms with E-state index in [2.05, 4.69) is 9.19 Å². The fraction of sp³-hybridized carbons (Fsp3) is 0.192. The fourth-order valence-corrected chi connectivity index (χ4v) is 5.33. The van der Waals surface area contributed by atoms with E-state index < -0.39 is 31.6 Å². The van der Waals surface area contributed by atoms with E-state index in [1.165, 1.54) is 35.0 Å². The molecule has 0 fully saturated rings. The Balaban J connectivity index is 0.000000708. The summed E-state index contributed by atoms with van der Waals surface area (Å²) in [4.78, 5) is 55.4. The third-order valence-electron chi connectivity index (χ3n) is 5.02. The van der Waals surface area contributed by atoms with E-state index in [0.29, 0.717) is 12.7 Å². The molecular formula is C26H28AsN3O10. The number of nitrogens with zero attached hydrogens (tertiary/aromatic N) is 1. The molecule has 3 rings (SSSR count). The quantitative estimate of drug-likeness (QED) is 0.101. The Morgan fingerprint density at radius 1 is 1.02 bits per heavy atom. The van der Waals surface area contributed by atoms with Crippen molar-refractivity contribution in [3.63, 3.8) is 0 Å². The Hall–Kier alpha value is -4.29. The molecule has 0 aliphatic rings. The predicted molar refractivity (Wildman–Crippen MR) is 143 cm³/mol. The van der Waals surface area contributed by atoms with Gasteiger partial charge in [0.2, 0.25) is 0 Å². The number of aliphatic carboxylic acids is 1. The Labute approximate surface area is 231 Å². The van der Waals surface area contributed by atoms with Crippen LogP contribution in [0.1, 0.15) is 31.7 Å². The summed E-state index contributed by atoms with van der Waals surface area (Å²) in [6.07, 6.45) is 2.86. The van der Waals surface area contributed by atoms with Crippen LogP contribution in [0, 0.1) is 0 Å². The van der Waals surface area contributed by atoms with Gasteiger partial charge in [-0.3, -0.25) is 4.79 Å². The van der Waals surface area contributed by atoms with Gasteiger partial charge in [-0.2, -0.15) is 0 Å². The van der Waals surface area contributed by atoms with E-state index in [9.17, 15) is 27.7 Å². The number of hydrogen-bond donors (Lipinski definition) is 4. The molecule has 1 atom stereocenters. The molecule has 14 heteroatoms. The van der Waals surface area contributed by atoms with Crippen LogP contribution in [-0.4, -0.2) is 53.2 Å². The second kappa shape index (κ2) is 16.0. The van der Waals surface area contributed by atoms with Gasteiger partial charge in [-0.1, -0.05) is 18.2 Å². The first kappa shape index (κ1) is 31.9. The zero-order valence-corrected chi connectivity index (χ0v) is 23.3. The molecule has 0 aliphatic heterocycles. The van der Waals surface area contributed by atoms with Crippen LogP contribution in [0.5, 0.6) is 0 Å². The van der Waals surface area contributed by atoms with Crippen LogP contribution in [-0.2, 0) is 37.0 Å². The predicted octanol–water partition coefficient (Wildman–Crippen LogP) is 1.59. The van der Waals surface area contributed by atoms with E-state index >= 15 is 0 Å². The molecule has 0 saturated carbocycles. The maximum atomic E-state index is 12.9. The number of hydrogen-bond acceptors (Lipinski definition) is 9. The number of carbonyl (C=O) groups excluding carboxylic acids is 3.